The number of carbonyl (C=O) groups is 2. The highest BCUT2D eigenvalue weighted by molar-refractivity contribution is 7.87. The van der Waals surface area contributed by atoms with Crippen LogP contribution in [0.1, 0.15) is 137 Å². The van der Waals surface area contributed by atoms with E-state index in [-0.39, 0.29) is 13.2 Å². The molecule has 0 radical (unpaired) electrons. The average Bonchev–Trinajstić information content (AvgIpc) is 2.78. The minimum atomic E-state index is -4.76. The standard InChI is InChI=1S/C28H54O7S/c1-24(2)19-15-11-7-5-9-13-17-21-34-27(29)23-26(36(31,32)33)28(30)35-22-18-14-10-6-8-12-16-20-25(3)4/h24-26H,5-23H2,1-4H3,(H,31,32,33). The number of unbranched alkanes of at least 4 members (excludes halogenated alkanes) is 12. The summed E-state index contributed by atoms with van der Waals surface area (Å²) in [6.45, 7) is 9.19. The first-order valence-electron chi connectivity index (χ1n) is 14.3. The number of ether oxygens (including phenoxy) is 2. The van der Waals surface area contributed by atoms with Gasteiger partial charge in [-0.05, 0) is 24.7 Å². The Morgan fingerprint density at radius 2 is 0.972 bits per heavy atom. The van der Waals surface area contributed by atoms with Gasteiger partial charge in [-0.15, -0.1) is 0 Å². The Morgan fingerprint density at radius 3 is 1.36 bits per heavy atom. The molecule has 214 valence electrons. The lowest BCUT2D eigenvalue weighted by molar-refractivity contribution is -0.150. The highest BCUT2D eigenvalue weighted by Crippen LogP contribution is 2.14. The van der Waals surface area contributed by atoms with E-state index in [2.05, 4.69) is 27.7 Å². The highest BCUT2D eigenvalue weighted by atomic mass is 32.2. The minimum Gasteiger partial charge on any atom is -0.466 e. The summed E-state index contributed by atoms with van der Waals surface area (Å²) in [6, 6.07) is 0. The second kappa shape index (κ2) is 21.9. The molecule has 1 unspecified atom stereocenters. The monoisotopic (exact) mass is 534 g/mol. The summed E-state index contributed by atoms with van der Waals surface area (Å²) in [6.07, 6.45) is 16.7. The van der Waals surface area contributed by atoms with Crippen LogP contribution in [0.5, 0.6) is 0 Å². The Morgan fingerprint density at radius 1 is 0.611 bits per heavy atom. The molecule has 0 heterocycles. The Labute approximate surface area is 221 Å². The van der Waals surface area contributed by atoms with Crippen LogP contribution in [0.4, 0.5) is 0 Å². The number of carbonyl (C=O) groups excluding carboxylic acids is 2. The summed E-state index contributed by atoms with van der Waals surface area (Å²) >= 11 is 0. The first-order valence-corrected chi connectivity index (χ1v) is 15.8. The maximum absolute atomic E-state index is 12.2. The third-order valence-electron chi connectivity index (χ3n) is 6.33. The van der Waals surface area contributed by atoms with Gasteiger partial charge in [0.05, 0.1) is 19.6 Å². The van der Waals surface area contributed by atoms with Crippen molar-refractivity contribution in [3.05, 3.63) is 0 Å². The van der Waals surface area contributed by atoms with Crippen LogP contribution in [0, 0.1) is 11.8 Å². The molecule has 0 bridgehead atoms. The van der Waals surface area contributed by atoms with Crippen LogP contribution >= 0.6 is 0 Å². The minimum absolute atomic E-state index is 0.0741. The molecule has 0 aromatic carbocycles. The van der Waals surface area contributed by atoms with E-state index in [1.54, 1.807) is 0 Å². The van der Waals surface area contributed by atoms with E-state index in [1.165, 1.54) is 51.4 Å². The van der Waals surface area contributed by atoms with Crippen molar-refractivity contribution in [2.75, 3.05) is 13.2 Å². The fourth-order valence-electron chi connectivity index (χ4n) is 4.05. The summed E-state index contributed by atoms with van der Waals surface area (Å²) in [7, 11) is -4.76. The van der Waals surface area contributed by atoms with Crippen LogP contribution in [0.2, 0.25) is 0 Å². The van der Waals surface area contributed by atoms with Crippen molar-refractivity contribution in [2.45, 2.75) is 142 Å². The largest absolute Gasteiger partial charge is 0.466 e. The van der Waals surface area contributed by atoms with Gasteiger partial charge in [-0.25, -0.2) is 0 Å². The molecule has 1 atom stereocenters. The zero-order chi connectivity index (χ0) is 27.2. The summed E-state index contributed by atoms with van der Waals surface area (Å²) in [5.41, 5.74) is 0. The molecule has 0 spiro atoms. The molecule has 0 aromatic rings. The maximum Gasteiger partial charge on any atom is 0.327 e. The van der Waals surface area contributed by atoms with Gasteiger partial charge >= 0.3 is 11.9 Å². The van der Waals surface area contributed by atoms with E-state index in [0.717, 1.165) is 50.4 Å². The van der Waals surface area contributed by atoms with Crippen molar-refractivity contribution >= 4 is 22.1 Å². The molecule has 7 nitrogen and oxygen atoms in total. The number of hydrogen-bond acceptors (Lipinski definition) is 6. The average molecular weight is 535 g/mol. The van der Waals surface area contributed by atoms with Gasteiger partial charge in [-0.2, -0.15) is 8.42 Å². The van der Waals surface area contributed by atoms with Crippen LogP contribution in [-0.4, -0.2) is 43.4 Å². The van der Waals surface area contributed by atoms with Crippen molar-refractivity contribution in [1.82, 2.24) is 0 Å². The molecule has 1 N–H and O–H groups in total. The predicted molar refractivity (Wildman–Crippen MR) is 145 cm³/mol. The van der Waals surface area contributed by atoms with Gasteiger partial charge in [0.1, 0.15) is 0 Å². The van der Waals surface area contributed by atoms with Gasteiger partial charge < -0.3 is 9.47 Å². The van der Waals surface area contributed by atoms with Crippen molar-refractivity contribution in [3.8, 4) is 0 Å². The molecule has 0 aromatic heterocycles. The van der Waals surface area contributed by atoms with Crippen LogP contribution < -0.4 is 0 Å². The third kappa shape index (κ3) is 22.1. The summed E-state index contributed by atoms with van der Waals surface area (Å²) in [5, 5.41) is -1.93. The predicted octanol–water partition coefficient (Wildman–Crippen LogP) is 7.27. The third-order valence-corrected chi connectivity index (χ3v) is 7.41. The summed E-state index contributed by atoms with van der Waals surface area (Å²) < 4.78 is 42.7. The van der Waals surface area contributed by atoms with E-state index in [1.807, 2.05) is 0 Å². The molecule has 0 aliphatic heterocycles. The topological polar surface area (TPSA) is 107 Å². The molecule has 0 rings (SSSR count). The van der Waals surface area contributed by atoms with Gasteiger partial charge in [0.2, 0.25) is 0 Å². The van der Waals surface area contributed by atoms with Crippen LogP contribution in [0.25, 0.3) is 0 Å². The molecule has 0 fully saturated rings. The van der Waals surface area contributed by atoms with Crippen molar-refractivity contribution in [2.24, 2.45) is 11.8 Å². The Balaban J connectivity index is 3.96. The maximum atomic E-state index is 12.2. The number of esters is 2. The fourth-order valence-corrected chi connectivity index (χ4v) is 4.71. The first kappa shape index (κ1) is 34.9. The zero-order valence-electron chi connectivity index (χ0n) is 23.5. The second-order valence-electron chi connectivity index (χ2n) is 10.9. The normalized spacial score (nSPS) is 12.8. The van der Waals surface area contributed by atoms with E-state index >= 15 is 0 Å². The Hall–Kier alpha value is -1.15. The molecule has 36 heavy (non-hydrogen) atoms. The van der Waals surface area contributed by atoms with Crippen molar-refractivity contribution in [1.29, 1.82) is 0 Å². The smallest absolute Gasteiger partial charge is 0.327 e. The van der Waals surface area contributed by atoms with Crippen LogP contribution in [0.15, 0.2) is 0 Å². The van der Waals surface area contributed by atoms with E-state index < -0.39 is 33.7 Å². The van der Waals surface area contributed by atoms with Gasteiger partial charge in [0, 0.05) is 0 Å². The summed E-state index contributed by atoms with van der Waals surface area (Å²) in [5.74, 6) is -0.413. The molecule has 0 saturated heterocycles. The lowest BCUT2D eigenvalue weighted by atomic mass is 10.0. The second-order valence-corrected chi connectivity index (χ2v) is 12.5. The quantitative estimate of drug-likeness (QED) is 0.0788. The molecular formula is C28H54O7S. The molecule has 0 saturated carbocycles. The fraction of sp³-hybridized carbons (Fsp3) is 0.929. The zero-order valence-corrected chi connectivity index (χ0v) is 24.3. The van der Waals surface area contributed by atoms with Crippen molar-refractivity contribution < 1.29 is 32.0 Å². The lowest BCUT2D eigenvalue weighted by Gasteiger charge is -2.13. The van der Waals surface area contributed by atoms with Gasteiger partial charge in [-0.3, -0.25) is 14.1 Å². The van der Waals surface area contributed by atoms with Crippen LogP contribution in [0.3, 0.4) is 0 Å². The highest BCUT2D eigenvalue weighted by Gasteiger charge is 2.35. The Kier molecular flexibility index (Phi) is 21.2. The van der Waals surface area contributed by atoms with Gasteiger partial charge in [0.25, 0.3) is 10.1 Å². The van der Waals surface area contributed by atoms with Crippen LogP contribution in [-0.2, 0) is 29.2 Å². The molecule has 8 heteroatoms. The molecule has 0 aliphatic carbocycles. The first-order chi connectivity index (χ1) is 17.0. The molecule has 0 amide bonds. The Bertz CT molecular complexity index is 659. The van der Waals surface area contributed by atoms with E-state index in [4.69, 9.17) is 9.47 Å². The summed E-state index contributed by atoms with van der Waals surface area (Å²) in [4.78, 5) is 24.2. The molecule has 0 aliphatic rings. The van der Waals surface area contributed by atoms with Crippen molar-refractivity contribution in [3.63, 3.8) is 0 Å². The number of hydrogen-bond donors (Lipinski definition) is 1. The van der Waals surface area contributed by atoms with Gasteiger partial charge in [0.15, 0.2) is 5.25 Å². The van der Waals surface area contributed by atoms with E-state index in [9.17, 15) is 22.6 Å². The number of rotatable bonds is 24. The van der Waals surface area contributed by atoms with Gasteiger partial charge in [-0.1, -0.05) is 118 Å². The lowest BCUT2D eigenvalue weighted by Crippen LogP contribution is -2.34. The van der Waals surface area contributed by atoms with E-state index in [0.29, 0.717) is 12.8 Å². The SMILES string of the molecule is CC(C)CCCCCCCCCOC(=O)CC(C(=O)OCCCCCCCCCC(C)C)S(=O)(=O)O. The molecular weight excluding hydrogens is 480 g/mol.